The summed E-state index contributed by atoms with van der Waals surface area (Å²) in [6.45, 7) is 8.39. The molecule has 0 rings (SSSR count). The Hall–Kier alpha value is -0.120. The molecule has 4 radical (unpaired) electrons. The Morgan fingerprint density at radius 1 is 1.06 bits per heavy atom. The molecule has 6 heteroatoms. The zero-order valence-corrected chi connectivity index (χ0v) is 11.2. The van der Waals surface area contributed by atoms with Gasteiger partial charge in [0.1, 0.15) is 7.85 Å². The van der Waals surface area contributed by atoms with Gasteiger partial charge in [0.2, 0.25) is 0 Å². The Morgan fingerprint density at radius 3 is 1.71 bits per heavy atom. The molecule has 0 aromatic rings. The maximum absolute atomic E-state index is 13.1. The quantitative estimate of drug-likeness (QED) is 0.673. The van der Waals surface area contributed by atoms with Gasteiger partial charge in [0.25, 0.3) is 0 Å². The summed E-state index contributed by atoms with van der Waals surface area (Å²) < 4.78 is 39.2. The van der Waals surface area contributed by atoms with Gasteiger partial charge >= 0.3 is 6.18 Å². The van der Waals surface area contributed by atoms with E-state index < -0.39 is 23.6 Å². The molecule has 0 amide bonds. The average molecular weight is 245 g/mol. The van der Waals surface area contributed by atoms with Gasteiger partial charge in [0.15, 0.2) is 7.98 Å². The summed E-state index contributed by atoms with van der Waals surface area (Å²) in [5.41, 5.74) is -2.48. The van der Waals surface area contributed by atoms with Gasteiger partial charge in [-0.15, -0.1) is 0 Å². The van der Waals surface area contributed by atoms with Gasteiger partial charge < -0.3 is 4.81 Å². The third-order valence-electron chi connectivity index (χ3n) is 3.05. The van der Waals surface area contributed by atoms with E-state index in [9.17, 15) is 13.2 Å². The van der Waals surface area contributed by atoms with Crippen molar-refractivity contribution in [2.75, 3.05) is 0 Å². The first-order chi connectivity index (χ1) is 7.44. The molecule has 2 atom stereocenters. The molecule has 0 bridgehead atoms. The highest BCUT2D eigenvalue weighted by atomic mass is 19.4. The predicted molar refractivity (Wildman–Crippen MR) is 65.9 cm³/mol. The van der Waals surface area contributed by atoms with Crippen LogP contribution in [0.4, 0.5) is 13.2 Å². The Bertz CT molecular complexity index is 243. The monoisotopic (exact) mass is 245 g/mol. The minimum atomic E-state index is -4.55. The van der Waals surface area contributed by atoms with Crippen LogP contribution in [0, 0.1) is 11.8 Å². The lowest BCUT2D eigenvalue weighted by Crippen LogP contribution is -2.64. The lowest BCUT2D eigenvalue weighted by atomic mass is 9.65. The second-order valence-electron chi connectivity index (χ2n) is 5.36. The third-order valence-corrected chi connectivity index (χ3v) is 3.05. The fourth-order valence-corrected chi connectivity index (χ4v) is 1.93. The summed E-state index contributed by atoms with van der Waals surface area (Å²) >= 11 is 0. The smallest absolute Gasteiger partial charge is 0.346 e. The molecule has 1 nitrogen and oxygen atoms in total. The van der Waals surface area contributed by atoms with E-state index in [-0.39, 0.29) is 5.92 Å². The summed E-state index contributed by atoms with van der Waals surface area (Å²) in [6.07, 6.45) is -3.99. The fourth-order valence-electron chi connectivity index (χ4n) is 1.93. The van der Waals surface area contributed by atoms with Crippen molar-refractivity contribution in [1.29, 1.82) is 0 Å². The highest BCUT2D eigenvalue weighted by Crippen LogP contribution is 2.39. The first-order valence-corrected chi connectivity index (χ1v) is 5.84. The molecule has 0 aliphatic heterocycles. The van der Waals surface area contributed by atoms with Gasteiger partial charge in [-0.3, -0.25) is 0 Å². The van der Waals surface area contributed by atoms with Crippen LogP contribution in [0.2, 0.25) is 0 Å². The van der Waals surface area contributed by atoms with E-state index in [1.165, 1.54) is 13.8 Å². The number of hydrogen-bond acceptors (Lipinski definition) is 1. The van der Waals surface area contributed by atoms with Crippen LogP contribution in [-0.4, -0.2) is 38.3 Å². The number of halogens is 3. The molecular formula is C11H20B2F3N. The van der Waals surface area contributed by atoms with Crippen LogP contribution in [0.1, 0.15) is 41.0 Å². The summed E-state index contributed by atoms with van der Waals surface area (Å²) in [7, 11) is 11.1. The van der Waals surface area contributed by atoms with E-state index >= 15 is 0 Å². The minimum absolute atomic E-state index is 0.265. The number of alkyl halides is 3. The van der Waals surface area contributed by atoms with Crippen molar-refractivity contribution in [2.24, 2.45) is 11.8 Å². The molecule has 0 heterocycles. The molecular weight excluding hydrogens is 225 g/mol. The summed E-state index contributed by atoms with van der Waals surface area (Å²) in [6, 6.07) is -0.427. The molecule has 0 saturated heterocycles. The highest BCUT2D eigenvalue weighted by molar-refractivity contribution is 6.20. The summed E-state index contributed by atoms with van der Waals surface area (Å²) in [5, 5.41) is 0. The van der Waals surface area contributed by atoms with Crippen molar-refractivity contribution < 1.29 is 13.2 Å². The number of rotatable bonds is 5. The zero-order valence-electron chi connectivity index (χ0n) is 11.2. The van der Waals surface area contributed by atoms with Crippen LogP contribution < -0.4 is 0 Å². The maximum atomic E-state index is 13.1. The number of nitrogens with zero attached hydrogens (tertiary/aromatic N) is 1. The molecule has 96 valence electrons. The van der Waals surface area contributed by atoms with Crippen LogP contribution in [0.5, 0.6) is 0 Å². The summed E-state index contributed by atoms with van der Waals surface area (Å²) in [4.78, 5) is 0.762. The van der Waals surface area contributed by atoms with E-state index in [2.05, 4.69) is 0 Å². The van der Waals surface area contributed by atoms with Crippen molar-refractivity contribution in [1.82, 2.24) is 4.81 Å². The Kier molecular flexibility index (Phi) is 5.64. The second-order valence-corrected chi connectivity index (χ2v) is 5.36. The van der Waals surface area contributed by atoms with E-state index in [0.29, 0.717) is 6.42 Å². The highest BCUT2D eigenvalue weighted by Gasteiger charge is 2.55. The summed E-state index contributed by atoms with van der Waals surface area (Å²) in [5.74, 6) is -0.553. The largest absolute Gasteiger partial charge is 0.397 e. The Morgan fingerprint density at radius 2 is 1.47 bits per heavy atom. The minimum Gasteiger partial charge on any atom is -0.346 e. The fraction of sp³-hybridized carbons (Fsp3) is 1.00. The van der Waals surface area contributed by atoms with Gasteiger partial charge in [-0.1, -0.05) is 34.6 Å². The first kappa shape index (κ1) is 16.9. The predicted octanol–water partition coefficient (Wildman–Crippen LogP) is 2.89. The molecule has 0 spiro atoms. The number of hydrogen-bond donors (Lipinski definition) is 0. The van der Waals surface area contributed by atoms with Crippen molar-refractivity contribution >= 4 is 15.8 Å². The molecule has 0 saturated carbocycles. The molecule has 0 aromatic carbocycles. The molecule has 0 unspecified atom stereocenters. The Balaban J connectivity index is 5.09. The van der Waals surface area contributed by atoms with Crippen LogP contribution in [-0.2, 0) is 0 Å². The van der Waals surface area contributed by atoms with Crippen LogP contribution in [0.15, 0.2) is 0 Å². The van der Waals surface area contributed by atoms with E-state index in [1.54, 1.807) is 6.92 Å². The SMILES string of the molecule is [B]N([C@H](C)CC(C)C)[C@]([B])(C(C)C)C(F)(F)F. The van der Waals surface area contributed by atoms with Crippen molar-refractivity contribution in [3.8, 4) is 0 Å². The lowest BCUT2D eigenvalue weighted by molar-refractivity contribution is -0.204. The molecule has 0 aliphatic carbocycles. The first-order valence-electron chi connectivity index (χ1n) is 5.84. The normalized spacial score (nSPS) is 18.8. The van der Waals surface area contributed by atoms with Crippen molar-refractivity contribution in [3.63, 3.8) is 0 Å². The van der Waals surface area contributed by atoms with E-state index in [0.717, 1.165) is 4.81 Å². The zero-order chi connectivity index (χ0) is 14.0. The molecule has 17 heavy (non-hydrogen) atoms. The molecule has 0 N–H and O–H groups in total. The van der Waals surface area contributed by atoms with Gasteiger partial charge in [0, 0.05) is 0 Å². The van der Waals surface area contributed by atoms with Gasteiger partial charge in [0.05, 0.1) is 5.44 Å². The van der Waals surface area contributed by atoms with Crippen LogP contribution >= 0.6 is 0 Å². The standard InChI is InChI=1S/C11H20B2F3N/c1-7(2)6-9(5)17(13)10(12,8(3)4)11(14,15)16/h7-9H,6H2,1-5H3/t9-,10-/m1/s1. The Labute approximate surface area is 105 Å². The topological polar surface area (TPSA) is 3.24 Å². The van der Waals surface area contributed by atoms with E-state index in [1.807, 2.05) is 13.8 Å². The van der Waals surface area contributed by atoms with Crippen LogP contribution in [0.3, 0.4) is 0 Å². The van der Waals surface area contributed by atoms with Gasteiger partial charge in [-0.25, -0.2) is 0 Å². The molecule has 0 aliphatic rings. The van der Waals surface area contributed by atoms with Crippen LogP contribution in [0.25, 0.3) is 0 Å². The van der Waals surface area contributed by atoms with Crippen molar-refractivity contribution in [3.05, 3.63) is 0 Å². The second kappa shape index (κ2) is 5.68. The van der Waals surface area contributed by atoms with Gasteiger partial charge in [-0.05, 0) is 24.3 Å². The average Bonchev–Trinajstić information content (AvgIpc) is 2.11. The van der Waals surface area contributed by atoms with Gasteiger partial charge in [-0.2, -0.15) is 13.2 Å². The van der Waals surface area contributed by atoms with Crippen molar-refractivity contribution in [2.45, 2.75) is 58.7 Å². The molecule has 0 fully saturated rings. The third kappa shape index (κ3) is 3.67. The molecule has 0 aromatic heterocycles. The van der Waals surface area contributed by atoms with E-state index in [4.69, 9.17) is 15.8 Å². The maximum Gasteiger partial charge on any atom is 0.397 e. The lowest BCUT2D eigenvalue weighted by Gasteiger charge is -2.48.